The van der Waals surface area contributed by atoms with Crippen LogP contribution in [0.3, 0.4) is 0 Å². The van der Waals surface area contributed by atoms with E-state index < -0.39 is 5.97 Å². The van der Waals surface area contributed by atoms with Crippen LogP contribution in [-0.2, 0) is 9.53 Å². The van der Waals surface area contributed by atoms with Crippen molar-refractivity contribution in [1.82, 2.24) is 14.9 Å². The zero-order chi connectivity index (χ0) is 22.5. The molecular weight excluding hydrogens is 438 g/mol. The van der Waals surface area contributed by atoms with E-state index in [0.29, 0.717) is 21.5 Å². The minimum Gasteiger partial charge on any atom is -0.497 e. The number of hydrogen-bond donors (Lipinski definition) is 2. The van der Waals surface area contributed by atoms with Crippen LogP contribution in [0.4, 0.5) is 5.00 Å². The maximum absolute atomic E-state index is 12.5. The van der Waals surface area contributed by atoms with Gasteiger partial charge in [0.25, 0.3) is 0 Å². The molecule has 0 fully saturated rings. The molecular formula is C20H23N5O4S2. The number of benzene rings is 1. The summed E-state index contributed by atoms with van der Waals surface area (Å²) < 4.78 is 11.6. The third-order valence-corrected chi connectivity index (χ3v) is 6.53. The summed E-state index contributed by atoms with van der Waals surface area (Å²) in [5.41, 5.74) is 1.97. The number of hydrogen-bond acceptors (Lipinski definition) is 9. The lowest BCUT2D eigenvalue weighted by Gasteiger charge is -2.07. The standard InChI is InChI=1S/C20H23N5O4S2/c1-5-29-19(27)16-11(2)12(3)31-18(16)22-15(26)10-30-20-24-23-17(25(20)21)13-6-8-14(28-4)9-7-13/h6-9H,5,10,21H2,1-4H3,(H,22,26). The maximum atomic E-state index is 12.5. The van der Waals surface area contributed by atoms with Crippen molar-refractivity contribution >= 4 is 40.0 Å². The van der Waals surface area contributed by atoms with E-state index in [1.165, 1.54) is 16.0 Å². The summed E-state index contributed by atoms with van der Waals surface area (Å²) in [5.74, 6) is 6.63. The molecule has 3 rings (SSSR count). The average molecular weight is 462 g/mol. The van der Waals surface area contributed by atoms with Crippen LogP contribution in [0.2, 0.25) is 0 Å². The number of rotatable bonds is 8. The average Bonchev–Trinajstić information content (AvgIpc) is 3.25. The number of ether oxygens (including phenoxy) is 2. The first kappa shape index (κ1) is 22.6. The zero-order valence-corrected chi connectivity index (χ0v) is 19.2. The molecule has 0 radical (unpaired) electrons. The van der Waals surface area contributed by atoms with Crippen LogP contribution in [-0.4, -0.2) is 46.2 Å². The van der Waals surface area contributed by atoms with Gasteiger partial charge in [-0.2, -0.15) is 0 Å². The molecule has 0 saturated heterocycles. The number of carbonyl (C=O) groups excluding carboxylic acids is 2. The largest absolute Gasteiger partial charge is 0.497 e. The molecule has 1 aromatic carbocycles. The fourth-order valence-corrected chi connectivity index (χ4v) is 4.49. The molecule has 0 spiro atoms. The molecule has 0 atom stereocenters. The number of aromatic nitrogens is 3. The van der Waals surface area contributed by atoms with Crippen molar-refractivity contribution < 1.29 is 19.1 Å². The summed E-state index contributed by atoms with van der Waals surface area (Å²) in [6.07, 6.45) is 0. The Morgan fingerprint density at radius 2 is 1.94 bits per heavy atom. The van der Waals surface area contributed by atoms with Crippen LogP contribution in [0.15, 0.2) is 29.4 Å². The highest BCUT2D eigenvalue weighted by Gasteiger charge is 2.22. The van der Waals surface area contributed by atoms with Gasteiger partial charge in [0.15, 0.2) is 5.82 Å². The smallest absolute Gasteiger partial charge is 0.341 e. The minimum atomic E-state index is -0.446. The fourth-order valence-electron chi connectivity index (χ4n) is 2.77. The van der Waals surface area contributed by atoms with Gasteiger partial charge < -0.3 is 20.6 Å². The van der Waals surface area contributed by atoms with Gasteiger partial charge in [-0.05, 0) is 50.6 Å². The molecule has 0 saturated carbocycles. The molecule has 164 valence electrons. The summed E-state index contributed by atoms with van der Waals surface area (Å²) in [6.45, 7) is 5.73. The number of nitrogens with one attached hydrogen (secondary N) is 1. The minimum absolute atomic E-state index is 0.0518. The Morgan fingerprint density at radius 1 is 1.23 bits per heavy atom. The van der Waals surface area contributed by atoms with Gasteiger partial charge in [-0.15, -0.1) is 21.5 Å². The van der Waals surface area contributed by atoms with Gasteiger partial charge in [0.2, 0.25) is 11.1 Å². The maximum Gasteiger partial charge on any atom is 0.341 e. The van der Waals surface area contributed by atoms with Crippen molar-refractivity contribution in [1.29, 1.82) is 0 Å². The molecule has 9 nitrogen and oxygen atoms in total. The third-order valence-electron chi connectivity index (χ3n) is 4.46. The third kappa shape index (κ3) is 5.00. The molecule has 0 aliphatic heterocycles. The zero-order valence-electron chi connectivity index (χ0n) is 17.6. The monoisotopic (exact) mass is 461 g/mol. The lowest BCUT2D eigenvalue weighted by atomic mass is 10.1. The Bertz CT molecular complexity index is 1090. The van der Waals surface area contributed by atoms with Crippen LogP contribution in [0.25, 0.3) is 11.4 Å². The van der Waals surface area contributed by atoms with Gasteiger partial charge in [-0.25, -0.2) is 9.47 Å². The highest BCUT2D eigenvalue weighted by atomic mass is 32.2. The molecule has 3 N–H and O–H groups in total. The summed E-state index contributed by atoms with van der Waals surface area (Å²) in [7, 11) is 1.59. The van der Waals surface area contributed by atoms with Gasteiger partial charge in [0, 0.05) is 10.4 Å². The number of aryl methyl sites for hydroxylation is 1. The summed E-state index contributed by atoms with van der Waals surface area (Å²) in [4.78, 5) is 25.7. The van der Waals surface area contributed by atoms with Gasteiger partial charge in [-0.3, -0.25) is 4.79 Å². The first-order chi connectivity index (χ1) is 14.8. The van der Waals surface area contributed by atoms with E-state index in [9.17, 15) is 9.59 Å². The SMILES string of the molecule is CCOC(=O)c1c(NC(=O)CSc2nnc(-c3ccc(OC)cc3)n2N)sc(C)c1C. The molecule has 11 heteroatoms. The normalized spacial score (nSPS) is 10.7. The van der Waals surface area contributed by atoms with Crippen LogP contribution >= 0.6 is 23.1 Å². The number of carbonyl (C=O) groups is 2. The van der Waals surface area contributed by atoms with Crippen molar-refractivity contribution in [2.24, 2.45) is 0 Å². The van der Waals surface area contributed by atoms with Crippen molar-refractivity contribution in [2.45, 2.75) is 25.9 Å². The van der Waals surface area contributed by atoms with Crippen molar-refractivity contribution in [3.8, 4) is 17.1 Å². The number of nitrogens with two attached hydrogens (primary N) is 1. The van der Waals surface area contributed by atoms with E-state index in [4.69, 9.17) is 15.3 Å². The molecule has 0 unspecified atom stereocenters. The lowest BCUT2D eigenvalue weighted by Crippen LogP contribution is -2.17. The van der Waals surface area contributed by atoms with Crippen molar-refractivity contribution in [3.63, 3.8) is 0 Å². The molecule has 0 aliphatic rings. The second-order valence-corrected chi connectivity index (χ2v) is 8.62. The van der Waals surface area contributed by atoms with E-state index in [0.717, 1.165) is 33.5 Å². The Kier molecular flexibility index (Phi) is 7.18. The van der Waals surface area contributed by atoms with Gasteiger partial charge in [0.05, 0.1) is 25.0 Å². The van der Waals surface area contributed by atoms with Gasteiger partial charge in [-0.1, -0.05) is 11.8 Å². The van der Waals surface area contributed by atoms with E-state index in [1.54, 1.807) is 26.2 Å². The molecule has 3 aromatic rings. The van der Waals surface area contributed by atoms with Gasteiger partial charge in [0.1, 0.15) is 10.8 Å². The number of thiophene rings is 1. The predicted molar refractivity (Wildman–Crippen MR) is 121 cm³/mol. The number of esters is 1. The number of methoxy groups -OCH3 is 1. The fraction of sp³-hybridized carbons (Fsp3) is 0.300. The Morgan fingerprint density at radius 3 is 2.58 bits per heavy atom. The first-order valence-electron chi connectivity index (χ1n) is 9.40. The first-order valence-corrected chi connectivity index (χ1v) is 11.2. The highest BCUT2D eigenvalue weighted by molar-refractivity contribution is 7.99. The van der Waals surface area contributed by atoms with Crippen molar-refractivity contribution in [2.75, 3.05) is 30.6 Å². The Balaban J connectivity index is 1.67. The number of thioether (sulfide) groups is 1. The summed E-state index contributed by atoms with van der Waals surface area (Å²) in [6, 6.07) is 7.25. The second kappa shape index (κ2) is 9.84. The predicted octanol–water partition coefficient (Wildman–Crippen LogP) is 3.25. The highest BCUT2D eigenvalue weighted by Crippen LogP contribution is 2.33. The summed E-state index contributed by atoms with van der Waals surface area (Å²) >= 11 is 2.49. The molecule has 2 heterocycles. The van der Waals surface area contributed by atoms with Crippen LogP contribution in [0.5, 0.6) is 5.75 Å². The van der Waals surface area contributed by atoms with E-state index in [-0.39, 0.29) is 18.3 Å². The van der Waals surface area contributed by atoms with Crippen molar-refractivity contribution in [3.05, 3.63) is 40.3 Å². The van der Waals surface area contributed by atoms with E-state index in [2.05, 4.69) is 15.5 Å². The Hall–Kier alpha value is -3.05. The molecule has 0 bridgehead atoms. The van der Waals surface area contributed by atoms with Crippen LogP contribution in [0, 0.1) is 13.8 Å². The second-order valence-electron chi connectivity index (χ2n) is 6.45. The Labute approximate surface area is 187 Å². The molecule has 1 amide bonds. The number of nitrogen functional groups attached to an aromatic ring is 1. The molecule has 31 heavy (non-hydrogen) atoms. The number of anilines is 1. The topological polar surface area (TPSA) is 121 Å². The van der Waals surface area contributed by atoms with Crippen LogP contribution in [0.1, 0.15) is 27.7 Å². The number of nitrogens with zero attached hydrogens (tertiary/aromatic N) is 3. The van der Waals surface area contributed by atoms with E-state index >= 15 is 0 Å². The quantitative estimate of drug-likeness (QED) is 0.298. The van der Waals surface area contributed by atoms with Crippen LogP contribution < -0.4 is 15.9 Å². The number of amides is 1. The van der Waals surface area contributed by atoms with Gasteiger partial charge >= 0.3 is 5.97 Å². The van der Waals surface area contributed by atoms with E-state index in [1.807, 2.05) is 26.0 Å². The molecule has 2 aromatic heterocycles. The lowest BCUT2D eigenvalue weighted by molar-refractivity contribution is -0.113. The summed E-state index contributed by atoms with van der Waals surface area (Å²) in [5, 5.41) is 11.9. The molecule has 0 aliphatic carbocycles.